The van der Waals surface area contributed by atoms with Gasteiger partial charge in [-0.1, -0.05) is 165 Å². The topological polar surface area (TPSA) is 78.9 Å². The second kappa shape index (κ2) is 43.8. The van der Waals surface area contributed by atoms with E-state index in [-0.39, 0.29) is 37.5 Å². The predicted molar refractivity (Wildman–Crippen MR) is 233 cm³/mol. The van der Waals surface area contributed by atoms with E-state index in [2.05, 4.69) is 81.5 Å². The largest absolute Gasteiger partial charge is 0.462 e. The lowest BCUT2D eigenvalue weighted by atomic mass is 10.1. The molecule has 0 saturated heterocycles. The fraction of sp³-hybridized carbons (Fsp3) is 0.735. The highest BCUT2D eigenvalue weighted by Gasteiger charge is 2.19. The summed E-state index contributed by atoms with van der Waals surface area (Å²) in [6.45, 7) is 6.38. The zero-order valence-electron chi connectivity index (χ0n) is 35.9. The van der Waals surface area contributed by atoms with Crippen LogP contribution in [0.5, 0.6) is 0 Å². The first-order valence-electron chi connectivity index (χ1n) is 22.8. The molecule has 0 aliphatic rings. The molecule has 0 aliphatic heterocycles. The van der Waals surface area contributed by atoms with Crippen LogP contribution in [0.1, 0.15) is 213 Å². The highest BCUT2D eigenvalue weighted by molar-refractivity contribution is 5.71. The van der Waals surface area contributed by atoms with Gasteiger partial charge in [0, 0.05) is 19.3 Å². The van der Waals surface area contributed by atoms with E-state index < -0.39 is 6.10 Å². The monoisotopic (exact) mass is 769 g/mol. The molecule has 1 unspecified atom stereocenters. The Morgan fingerprint density at radius 2 is 0.782 bits per heavy atom. The third-order valence-electron chi connectivity index (χ3n) is 9.50. The molecule has 6 heteroatoms. The molecule has 0 heterocycles. The summed E-state index contributed by atoms with van der Waals surface area (Å²) in [4.78, 5) is 37.6. The molecule has 0 amide bonds. The van der Waals surface area contributed by atoms with E-state index in [1.807, 2.05) is 0 Å². The summed E-state index contributed by atoms with van der Waals surface area (Å²) < 4.78 is 16.6. The van der Waals surface area contributed by atoms with Crippen LogP contribution in [-0.2, 0) is 28.6 Å². The van der Waals surface area contributed by atoms with E-state index in [1.54, 1.807) is 0 Å². The number of unbranched alkanes of at least 4 members (excludes halogenated alkanes) is 20. The van der Waals surface area contributed by atoms with E-state index in [9.17, 15) is 14.4 Å². The highest BCUT2D eigenvalue weighted by atomic mass is 16.6. The van der Waals surface area contributed by atoms with Gasteiger partial charge in [0.1, 0.15) is 13.2 Å². The zero-order chi connectivity index (χ0) is 40.1. The van der Waals surface area contributed by atoms with Gasteiger partial charge in [-0.05, 0) is 89.9 Å². The van der Waals surface area contributed by atoms with Crippen molar-refractivity contribution in [2.24, 2.45) is 0 Å². The molecule has 0 aromatic heterocycles. The van der Waals surface area contributed by atoms with Crippen LogP contribution in [-0.4, -0.2) is 37.2 Å². The number of esters is 3. The molecule has 0 aliphatic carbocycles. The smallest absolute Gasteiger partial charge is 0.306 e. The molecule has 0 radical (unpaired) electrons. The number of rotatable bonds is 40. The number of carbonyl (C=O) groups excluding carboxylic acids is 3. The van der Waals surface area contributed by atoms with Gasteiger partial charge in [0.15, 0.2) is 6.10 Å². The molecule has 0 fully saturated rings. The van der Waals surface area contributed by atoms with Crippen LogP contribution >= 0.6 is 0 Å². The summed E-state index contributed by atoms with van der Waals surface area (Å²) in [6.07, 6.45) is 52.3. The number of hydrogen-bond donors (Lipinski definition) is 0. The number of carbonyl (C=O) groups is 3. The molecular weight excluding hydrogens is 685 g/mol. The lowest BCUT2D eigenvalue weighted by Crippen LogP contribution is -2.30. The SMILES string of the molecule is CC/C=C\C/C=C\CCCCC(=O)OC(COC(=O)CCC/C=C\CCCCCC)COC(=O)CCCCCCCCCCCC/C=C\C=C/CCCCC. The van der Waals surface area contributed by atoms with Crippen LogP contribution < -0.4 is 0 Å². The van der Waals surface area contributed by atoms with Gasteiger partial charge in [0.25, 0.3) is 0 Å². The molecular formula is C49H84O6. The third kappa shape index (κ3) is 42.1. The average Bonchev–Trinajstić information content (AvgIpc) is 3.18. The van der Waals surface area contributed by atoms with Gasteiger partial charge >= 0.3 is 17.9 Å². The van der Waals surface area contributed by atoms with Crippen LogP contribution in [0, 0.1) is 0 Å². The minimum atomic E-state index is -0.799. The first-order valence-corrected chi connectivity index (χ1v) is 22.8. The van der Waals surface area contributed by atoms with Gasteiger partial charge in [-0.2, -0.15) is 0 Å². The summed E-state index contributed by atoms with van der Waals surface area (Å²) in [5.74, 6) is -0.981. The van der Waals surface area contributed by atoms with Gasteiger partial charge < -0.3 is 14.2 Å². The Kier molecular flexibility index (Phi) is 41.5. The van der Waals surface area contributed by atoms with Crippen LogP contribution in [0.15, 0.2) is 60.8 Å². The van der Waals surface area contributed by atoms with E-state index in [0.717, 1.165) is 57.8 Å². The molecule has 0 aromatic rings. The second-order valence-corrected chi connectivity index (χ2v) is 14.9. The van der Waals surface area contributed by atoms with Crippen LogP contribution in [0.2, 0.25) is 0 Å². The molecule has 0 bridgehead atoms. The Bertz CT molecular complexity index is 1020. The Morgan fingerprint density at radius 3 is 1.36 bits per heavy atom. The lowest BCUT2D eigenvalue weighted by Gasteiger charge is -2.18. The van der Waals surface area contributed by atoms with Gasteiger partial charge in [0.2, 0.25) is 0 Å². The number of allylic oxidation sites excluding steroid dienone is 10. The molecule has 6 nitrogen and oxygen atoms in total. The summed E-state index contributed by atoms with van der Waals surface area (Å²) in [5, 5.41) is 0. The maximum absolute atomic E-state index is 12.6. The predicted octanol–water partition coefficient (Wildman–Crippen LogP) is 14.5. The van der Waals surface area contributed by atoms with E-state index in [0.29, 0.717) is 25.7 Å². The van der Waals surface area contributed by atoms with Gasteiger partial charge in [-0.3, -0.25) is 14.4 Å². The lowest BCUT2D eigenvalue weighted by molar-refractivity contribution is -0.167. The number of hydrogen-bond acceptors (Lipinski definition) is 6. The molecule has 0 spiro atoms. The fourth-order valence-electron chi connectivity index (χ4n) is 6.06. The maximum atomic E-state index is 12.6. The van der Waals surface area contributed by atoms with Crippen molar-refractivity contribution in [2.75, 3.05) is 13.2 Å². The molecule has 1 atom stereocenters. The van der Waals surface area contributed by atoms with E-state index in [4.69, 9.17) is 14.2 Å². The molecule has 55 heavy (non-hydrogen) atoms. The molecule has 316 valence electrons. The first kappa shape index (κ1) is 52.1. The molecule has 0 saturated carbocycles. The summed E-state index contributed by atoms with van der Waals surface area (Å²) in [6, 6.07) is 0. The van der Waals surface area contributed by atoms with Crippen molar-refractivity contribution in [3.05, 3.63) is 60.8 Å². The summed E-state index contributed by atoms with van der Waals surface area (Å²) in [7, 11) is 0. The van der Waals surface area contributed by atoms with E-state index >= 15 is 0 Å². The Morgan fingerprint density at radius 1 is 0.400 bits per heavy atom. The van der Waals surface area contributed by atoms with Gasteiger partial charge in [-0.25, -0.2) is 0 Å². The zero-order valence-corrected chi connectivity index (χ0v) is 35.9. The van der Waals surface area contributed by atoms with Crippen molar-refractivity contribution < 1.29 is 28.6 Å². The second-order valence-electron chi connectivity index (χ2n) is 14.9. The van der Waals surface area contributed by atoms with Crippen molar-refractivity contribution in [2.45, 2.75) is 219 Å². The van der Waals surface area contributed by atoms with Gasteiger partial charge in [-0.15, -0.1) is 0 Å². The fourth-order valence-corrected chi connectivity index (χ4v) is 6.06. The van der Waals surface area contributed by atoms with E-state index in [1.165, 1.54) is 103 Å². The maximum Gasteiger partial charge on any atom is 0.306 e. The molecule has 0 N–H and O–H groups in total. The Labute approximate surface area is 339 Å². The first-order chi connectivity index (χ1) is 27.0. The normalized spacial score (nSPS) is 12.6. The summed E-state index contributed by atoms with van der Waals surface area (Å²) in [5.41, 5.74) is 0. The average molecular weight is 769 g/mol. The van der Waals surface area contributed by atoms with Gasteiger partial charge in [0.05, 0.1) is 0 Å². The van der Waals surface area contributed by atoms with Crippen molar-refractivity contribution in [3.63, 3.8) is 0 Å². The minimum absolute atomic E-state index is 0.0981. The Hall–Kier alpha value is -2.89. The molecule has 0 rings (SSSR count). The van der Waals surface area contributed by atoms with Crippen LogP contribution in [0.4, 0.5) is 0 Å². The third-order valence-corrected chi connectivity index (χ3v) is 9.50. The number of ether oxygens (including phenoxy) is 3. The van der Waals surface area contributed by atoms with Crippen LogP contribution in [0.3, 0.4) is 0 Å². The highest BCUT2D eigenvalue weighted by Crippen LogP contribution is 2.13. The van der Waals surface area contributed by atoms with Crippen molar-refractivity contribution in [1.29, 1.82) is 0 Å². The van der Waals surface area contributed by atoms with Crippen molar-refractivity contribution in [3.8, 4) is 0 Å². The molecule has 0 aromatic carbocycles. The Balaban J connectivity index is 4.29. The van der Waals surface area contributed by atoms with Crippen molar-refractivity contribution >= 4 is 17.9 Å². The standard InChI is InChI=1S/C49H84O6/c1-4-7-10-13-16-19-20-21-22-23-24-25-26-27-28-31-33-36-39-42-48(51)54-45-46(55-49(52)43-40-37-34-30-18-15-12-9-6-3)44-53-47(50)41-38-35-32-29-17-14-11-8-5-2/h9,12,16,18-21,29-30,32,46H,4-8,10-11,13-15,17,22-28,31,33-45H2,1-3H3/b12-9-,19-16-,21-20-,30-18-,32-29-. The van der Waals surface area contributed by atoms with Crippen LogP contribution in [0.25, 0.3) is 0 Å². The quantitative estimate of drug-likeness (QED) is 0.0203. The summed E-state index contributed by atoms with van der Waals surface area (Å²) >= 11 is 0. The van der Waals surface area contributed by atoms with Crippen molar-refractivity contribution in [1.82, 2.24) is 0 Å². The minimum Gasteiger partial charge on any atom is -0.462 e.